The summed E-state index contributed by atoms with van der Waals surface area (Å²) >= 11 is 37.2. The van der Waals surface area contributed by atoms with Crippen LogP contribution >= 0.6 is 69.6 Å². The van der Waals surface area contributed by atoms with E-state index in [0.29, 0.717) is 47.5 Å². The van der Waals surface area contributed by atoms with Crippen molar-refractivity contribution in [3.05, 3.63) is 72.2 Å². The van der Waals surface area contributed by atoms with Crippen molar-refractivity contribution >= 4 is 75.6 Å². The van der Waals surface area contributed by atoms with Gasteiger partial charge in [0, 0.05) is 22.9 Å². The summed E-state index contributed by atoms with van der Waals surface area (Å²) in [4.78, 5) is 16.4. The Morgan fingerprint density at radius 2 is 1.21 bits per heavy atom. The summed E-state index contributed by atoms with van der Waals surface area (Å²) < 4.78 is 4.78. The molecule has 0 fully saturated rings. The highest BCUT2D eigenvalue weighted by Crippen LogP contribution is 2.42. The number of hydrogen-bond donors (Lipinski definition) is 0. The normalized spacial score (nSPS) is 10.8. The lowest BCUT2D eigenvalue weighted by Gasteiger charge is -2.15. The quantitative estimate of drug-likeness (QED) is 0.272. The van der Waals surface area contributed by atoms with Gasteiger partial charge in [0.05, 0.1) is 48.5 Å². The predicted molar refractivity (Wildman–Crippen MR) is 117 cm³/mol. The summed E-state index contributed by atoms with van der Waals surface area (Å²) in [6.45, 7) is 0. The maximum absolute atomic E-state index is 12.0. The van der Waals surface area contributed by atoms with Crippen molar-refractivity contribution < 1.29 is 9.53 Å². The van der Waals surface area contributed by atoms with Crippen LogP contribution in [0.15, 0.2) is 36.5 Å². The fourth-order valence-electron chi connectivity index (χ4n) is 2.55. The second-order valence-corrected chi connectivity index (χ2v) is 8.05. The third kappa shape index (κ3) is 4.20. The first-order chi connectivity index (χ1) is 13.2. The first-order valence-corrected chi connectivity index (χ1v) is 9.88. The summed E-state index contributed by atoms with van der Waals surface area (Å²) in [5.74, 6) is -0.559. The lowest BCUT2D eigenvalue weighted by atomic mass is 9.97. The van der Waals surface area contributed by atoms with Gasteiger partial charge in [0.15, 0.2) is 0 Å². The monoisotopic (exact) mass is 493 g/mol. The van der Waals surface area contributed by atoms with E-state index in [2.05, 4.69) is 4.98 Å². The number of carbonyl (C=O) groups excluding carboxylic acids is 1. The Bertz CT molecular complexity index is 1100. The van der Waals surface area contributed by atoms with Crippen LogP contribution in [-0.2, 0) is 4.74 Å². The van der Waals surface area contributed by atoms with Gasteiger partial charge in [-0.05, 0) is 30.3 Å². The van der Waals surface area contributed by atoms with Gasteiger partial charge in [0.25, 0.3) is 0 Å². The number of aromatic nitrogens is 1. The summed E-state index contributed by atoms with van der Waals surface area (Å²) in [6.07, 6.45) is 1.37. The Balaban J connectivity index is 2.35. The molecule has 144 valence electrons. The minimum absolute atomic E-state index is 0.222. The lowest BCUT2D eigenvalue weighted by Crippen LogP contribution is -2.03. The van der Waals surface area contributed by atoms with E-state index in [4.69, 9.17) is 74.3 Å². The molecule has 0 bridgehead atoms. The molecule has 0 aliphatic heterocycles. The molecule has 1 heterocycles. The van der Waals surface area contributed by atoms with Crippen molar-refractivity contribution in [3.63, 3.8) is 0 Å². The van der Waals surface area contributed by atoms with Crippen LogP contribution in [0.3, 0.4) is 0 Å². The molecule has 1 aromatic heterocycles. The summed E-state index contributed by atoms with van der Waals surface area (Å²) in [5, 5.41) is 1.82. The van der Waals surface area contributed by atoms with Gasteiger partial charge in [-0.3, -0.25) is 4.98 Å². The third-order valence-electron chi connectivity index (χ3n) is 3.87. The predicted octanol–water partition coefficient (Wildman–Crippen LogP) is 8.12. The van der Waals surface area contributed by atoms with Gasteiger partial charge in [0.2, 0.25) is 0 Å². The standard InChI is InChI=1S/C19H9Cl6NO2/c1-28-19(27)8-2-10(9-3-14(22)16(24)5-12(9)20)18(26-7-8)11-4-15(23)17(25)6-13(11)21/h2-7H,1H3. The molecule has 0 radical (unpaired) electrons. The van der Waals surface area contributed by atoms with Gasteiger partial charge >= 0.3 is 5.97 Å². The van der Waals surface area contributed by atoms with E-state index in [-0.39, 0.29) is 10.6 Å². The first-order valence-electron chi connectivity index (χ1n) is 7.61. The number of ether oxygens (including phenoxy) is 1. The number of esters is 1. The maximum Gasteiger partial charge on any atom is 0.339 e. The minimum Gasteiger partial charge on any atom is -0.465 e. The van der Waals surface area contributed by atoms with Crippen molar-refractivity contribution in [2.45, 2.75) is 0 Å². The van der Waals surface area contributed by atoms with Gasteiger partial charge < -0.3 is 4.74 Å². The molecule has 0 atom stereocenters. The number of rotatable bonds is 3. The molecule has 0 spiro atoms. The molecule has 28 heavy (non-hydrogen) atoms. The van der Waals surface area contributed by atoms with Crippen LogP contribution in [0.1, 0.15) is 10.4 Å². The molecule has 3 rings (SSSR count). The van der Waals surface area contributed by atoms with Crippen molar-refractivity contribution in [2.75, 3.05) is 7.11 Å². The average Bonchev–Trinajstić information content (AvgIpc) is 2.66. The van der Waals surface area contributed by atoms with E-state index in [0.717, 1.165) is 0 Å². The molecule has 0 amide bonds. The molecule has 3 nitrogen and oxygen atoms in total. The van der Waals surface area contributed by atoms with Crippen molar-refractivity contribution in [1.29, 1.82) is 0 Å². The largest absolute Gasteiger partial charge is 0.465 e. The molecule has 0 saturated carbocycles. The van der Waals surface area contributed by atoms with Crippen LogP contribution in [0.2, 0.25) is 30.1 Å². The average molecular weight is 496 g/mol. The van der Waals surface area contributed by atoms with Crippen LogP contribution in [0, 0.1) is 0 Å². The van der Waals surface area contributed by atoms with Crippen LogP contribution < -0.4 is 0 Å². The Morgan fingerprint density at radius 3 is 1.79 bits per heavy atom. The molecule has 0 N–H and O–H groups in total. The second kappa shape index (κ2) is 8.66. The van der Waals surface area contributed by atoms with Crippen LogP contribution in [0.25, 0.3) is 22.4 Å². The highest BCUT2D eigenvalue weighted by molar-refractivity contribution is 6.45. The van der Waals surface area contributed by atoms with E-state index in [1.807, 2.05) is 0 Å². The van der Waals surface area contributed by atoms with E-state index < -0.39 is 5.97 Å². The van der Waals surface area contributed by atoms with Gasteiger partial charge in [-0.15, -0.1) is 0 Å². The summed E-state index contributed by atoms with van der Waals surface area (Å²) in [7, 11) is 1.28. The lowest BCUT2D eigenvalue weighted by molar-refractivity contribution is 0.0600. The molecule has 0 aliphatic rings. The van der Waals surface area contributed by atoms with Crippen molar-refractivity contribution in [1.82, 2.24) is 4.98 Å². The summed E-state index contributed by atoms with van der Waals surface area (Å²) in [5.41, 5.74) is 2.15. The molecular formula is C19H9Cl6NO2. The third-order valence-corrected chi connectivity index (χ3v) is 5.94. The number of halogens is 6. The molecule has 0 unspecified atom stereocenters. The van der Waals surface area contributed by atoms with Crippen LogP contribution in [-0.4, -0.2) is 18.1 Å². The Morgan fingerprint density at radius 1 is 0.714 bits per heavy atom. The second-order valence-electron chi connectivity index (χ2n) is 5.60. The number of nitrogens with zero attached hydrogens (tertiary/aromatic N) is 1. The van der Waals surface area contributed by atoms with E-state index >= 15 is 0 Å². The topological polar surface area (TPSA) is 39.2 Å². The summed E-state index contributed by atoms with van der Waals surface area (Å²) in [6, 6.07) is 7.77. The zero-order valence-corrected chi connectivity index (χ0v) is 18.5. The van der Waals surface area contributed by atoms with Gasteiger partial charge in [0.1, 0.15) is 0 Å². The van der Waals surface area contributed by atoms with E-state index in [1.165, 1.54) is 25.4 Å². The minimum atomic E-state index is -0.559. The Kier molecular flexibility index (Phi) is 6.65. The van der Waals surface area contributed by atoms with Crippen LogP contribution in [0.5, 0.6) is 0 Å². The van der Waals surface area contributed by atoms with Gasteiger partial charge in [-0.2, -0.15) is 0 Å². The van der Waals surface area contributed by atoms with Crippen LogP contribution in [0.4, 0.5) is 0 Å². The SMILES string of the molecule is COC(=O)c1cnc(-c2cc(Cl)c(Cl)cc2Cl)c(-c2cc(Cl)c(Cl)cc2Cl)c1. The maximum atomic E-state index is 12.0. The fraction of sp³-hybridized carbons (Fsp3) is 0.0526. The number of methoxy groups -OCH3 is 1. The van der Waals surface area contributed by atoms with Gasteiger partial charge in [-0.25, -0.2) is 4.79 Å². The number of hydrogen-bond acceptors (Lipinski definition) is 3. The number of pyridine rings is 1. The highest BCUT2D eigenvalue weighted by Gasteiger charge is 2.20. The number of benzene rings is 2. The zero-order valence-electron chi connectivity index (χ0n) is 14.0. The zero-order chi connectivity index (χ0) is 20.6. The smallest absolute Gasteiger partial charge is 0.339 e. The van der Waals surface area contributed by atoms with E-state index in [1.54, 1.807) is 18.2 Å². The highest BCUT2D eigenvalue weighted by atomic mass is 35.5. The molecule has 2 aromatic carbocycles. The Labute approximate surface area is 191 Å². The molecular weight excluding hydrogens is 487 g/mol. The van der Waals surface area contributed by atoms with Crippen molar-refractivity contribution in [3.8, 4) is 22.4 Å². The molecule has 9 heteroatoms. The van der Waals surface area contributed by atoms with Crippen molar-refractivity contribution in [2.24, 2.45) is 0 Å². The Hall–Kier alpha value is -1.20. The van der Waals surface area contributed by atoms with E-state index in [9.17, 15) is 4.79 Å². The molecule has 3 aromatic rings. The fourth-order valence-corrected chi connectivity index (χ4v) is 3.83. The molecule has 0 saturated heterocycles. The first kappa shape index (κ1) is 21.5. The molecule has 0 aliphatic carbocycles. The van der Waals surface area contributed by atoms with Gasteiger partial charge in [-0.1, -0.05) is 69.6 Å². The number of carbonyl (C=O) groups is 1.